The van der Waals surface area contributed by atoms with Gasteiger partial charge in [-0.05, 0) is 41.8 Å². The maximum atomic E-state index is 14.6. The first-order valence-electron chi connectivity index (χ1n) is 9.77. The third-order valence-corrected chi connectivity index (χ3v) is 4.62. The zero-order valence-electron chi connectivity index (χ0n) is 16.9. The number of aryl methyl sites for hydroxylation is 1. The van der Waals surface area contributed by atoms with E-state index >= 15 is 0 Å². The van der Waals surface area contributed by atoms with Crippen molar-refractivity contribution in [3.8, 4) is 28.7 Å². The summed E-state index contributed by atoms with van der Waals surface area (Å²) in [7, 11) is 0. The van der Waals surface area contributed by atoms with Gasteiger partial charge in [-0.2, -0.15) is 4.39 Å². The van der Waals surface area contributed by atoms with E-state index in [2.05, 4.69) is 25.3 Å². The molecule has 158 valence electrons. The minimum atomic E-state index is -1.22. The molecular weight excluding hydrogens is 404 g/mol. The van der Waals surface area contributed by atoms with Crippen molar-refractivity contribution in [1.29, 1.82) is 0 Å². The highest BCUT2D eigenvalue weighted by Crippen LogP contribution is 2.27. The topological polar surface area (TPSA) is 9.23 Å². The Morgan fingerprint density at radius 2 is 1.42 bits per heavy atom. The highest BCUT2D eigenvalue weighted by Gasteiger charge is 2.15. The van der Waals surface area contributed by atoms with Crippen LogP contribution in [0.1, 0.15) is 30.0 Å². The Morgan fingerprint density at radius 1 is 0.806 bits per heavy atom. The zero-order chi connectivity index (χ0) is 22.4. The molecule has 0 amide bonds. The smallest absolute Gasteiger partial charge is 0.201 e. The first-order valence-corrected chi connectivity index (χ1v) is 9.77. The monoisotopic (exact) mass is 424 g/mol. The molecule has 31 heavy (non-hydrogen) atoms. The van der Waals surface area contributed by atoms with E-state index in [1.807, 2.05) is 12.1 Å². The van der Waals surface area contributed by atoms with Crippen LogP contribution in [0, 0.1) is 35.1 Å². The van der Waals surface area contributed by atoms with Crippen molar-refractivity contribution in [2.75, 3.05) is 6.61 Å². The van der Waals surface area contributed by atoms with Gasteiger partial charge < -0.3 is 4.74 Å². The molecule has 0 heterocycles. The van der Waals surface area contributed by atoms with Crippen molar-refractivity contribution in [2.45, 2.75) is 19.8 Å². The average molecular weight is 424 g/mol. The highest BCUT2D eigenvalue weighted by atomic mass is 19.2. The van der Waals surface area contributed by atoms with Crippen molar-refractivity contribution in [2.24, 2.45) is 0 Å². The van der Waals surface area contributed by atoms with E-state index in [-0.39, 0.29) is 29.0 Å². The van der Waals surface area contributed by atoms with E-state index in [4.69, 9.17) is 4.74 Å². The Hall–Kier alpha value is -3.52. The fraction of sp³-hybridized carbons (Fsp3) is 0.154. The Morgan fingerprint density at radius 3 is 2.03 bits per heavy atom. The second-order valence-electron chi connectivity index (χ2n) is 6.82. The predicted molar refractivity (Wildman–Crippen MR) is 114 cm³/mol. The lowest BCUT2D eigenvalue weighted by Crippen LogP contribution is -1.99. The van der Waals surface area contributed by atoms with E-state index in [0.29, 0.717) is 5.56 Å². The summed E-state index contributed by atoms with van der Waals surface area (Å²) < 4.78 is 62.4. The molecule has 0 atom stereocenters. The quantitative estimate of drug-likeness (QED) is 0.239. The van der Waals surface area contributed by atoms with E-state index in [1.165, 1.54) is 30.3 Å². The minimum absolute atomic E-state index is 0.0134. The highest BCUT2D eigenvalue weighted by molar-refractivity contribution is 5.66. The molecule has 0 saturated carbocycles. The Bertz CT molecular complexity index is 1150. The molecule has 1 nitrogen and oxygen atoms in total. The van der Waals surface area contributed by atoms with Gasteiger partial charge >= 0.3 is 0 Å². The Labute approximate surface area is 179 Å². The minimum Gasteiger partial charge on any atom is -0.486 e. The van der Waals surface area contributed by atoms with E-state index in [9.17, 15) is 17.6 Å². The fourth-order valence-corrected chi connectivity index (χ4v) is 3.03. The summed E-state index contributed by atoms with van der Waals surface area (Å²) in [4.78, 5) is 0. The lowest BCUT2D eigenvalue weighted by molar-refractivity contribution is 0.332. The number of hydrogen-bond donors (Lipinski definition) is 0. The largest absolute Gasteiger partial charge is 0.486 e. The summed E-state index contributed by atoms with van der Waals surface area (Å²) in [6, 6.07) is 12.4. The summed E-state index contributed by atoms with van der Waals surface area (Å²) >= 11 is 0. The molecule has 0 saturated heterocycles. The number of benzene rings is 3. The maximum absolute atomic E-state index is 14.6. The molecule has 5 heteroatoms. The Kier molecular flexibility index (Phi) is 7.15. The molecule has 0 spiro atoms. The third-order valence-electron chi connectivity index (χ3n) is 4.62. The van der Waals surface area contributed by atoms with Gasteiger partial charge in [0.25, 0.3) is 0 Å². The molecule has 0 aliphatic carbocycles. The third kappa shape index (κ3) is 4.97. The van der Waals surface area contributed by atoms with Crippen LogP contribution in [0.4, 0.5) is 17.6 Å². The lowest BCUT2D eigenvalue weighted by atomic mass is 10.00. The average Bonchev–Trinajstić information content (AvgIpc) is 2.78. The van der Waals surface area contributed by atoms with Crippen molar-refractivity contribution in [3.05, 3.63) is 101 Å². The predicted octanol–water partition coefficient (Wildman–Crippen LogP) is 6.83. The second kappa shape index (κ2) is 9.99. The zero-order valence-corrected chi connectivity index (χ0v) is 16.9. The van der Waals surface area contributed by atoms with Gasteiger partial charge in [0, 0.05) is 5.56 Å². The molecule has 0 N–H and O–H groups in total. The van der Waals surface area contributed by atoms with Crippen LogP contribution >= 0.6 is 0 Å². The van der Waals surface area contributed by atoms with Gasteiger partial charge in [-0.1, -0.05) is 62.1 Å². The van der Waals surface area contributed by atoms with Crippen LogP contribution in [-0.4, -0.2) is 6.61 Å². The van der Waals surface area contributed by atoms with Gasteiger partial charge in [0.1, 0.15) is 6.61 Å². The van der Waals surface area contributed by atoms with E-state index < -0.39 is 23.3 Å². The van der Waals surface area contributed by atoms with Gasteiger partial charge in [-0.25, -0.2) is 13.2 Å². The van der Waals surface area contributed by atoms with Gasteiger partial charge in [0.2, 0.25) is 5.82 Å². The van der Waals surface area contributed by atoms with E-state index in [0.717, 1.165) is 18.4 Å². The van der Waals surface area contributed by atoms with Crippen molar-refractivity contribution in [3.63, 3.8) is 0 Å². The fourth-order valence-electron chi connectivity index (χ4n) is 3.03. The van der Waals surface area contributed by atoms with Gasteiger partial charge in [-0.3, -0.25) is 0 Å². The van der Waals surface area contributed by atoms with Crippen molar-refractivity contribution >= 4 is 0 Å². The number of rotatable bonds is 6. The van der Waals surface area contributed by atoms with E-state index in [1.54, 1.807) is 12.1 Å². The molecule has 0 bridgehead atoms. The molecule has 0 aromatic heterocycles. The summed E-state index contributed by atoms with van der Waals surface area (Å²) in [6.07, 6.45) is 3.29. The molecule has 3 aromatic rings. The molecule has 0 radical (unpaired) electrons. The molecule has 3 rings (SSSR count). The lowest BCUT2D eigenvalue weighted by Gasteiger charge is -2.07. The van der Waals surface area contributed by atoms with Crippen LogP contribution in [0.15, 0.2) is 61.2 Å². The van der Waals surface area contributed by atoms with Crippen molar-refractivity contribution in [1.82, 2.24) is 0 Å². The molecule has 0 fully saturated rings. The van der Waals surface area contributed by atoms with Crippen LogP contribution in [0.25, 0.3) is 11.1 Å². The summed E-state index contributed by atoms with van der Waals surface area (Å²) in [5, 5.41) is 0. The van der Waals surface area contributed by atoms with Crippen LogP contribution in [-0.2, 0) is 6.42 Å². The normalized spacial score (nSPS) is 10.4. The van der Waals surface area contributed by atoms with Crippen LogP contribution in [0.5, 0.6) is 5.75 Å². The number of ether oxygens (including phenoxy) is 1. The summed E-state index contributed by atoms with van der Waals surface area (Å²) in [5.41, 5.74) is 1.21. The molecule has 0 aliphatic heterocycles. The second-order valence-corrected chi connectivity index (χ2v) is 6.82. The van der Waals surface area contributed by atoms with Gasteiger partial charge in [0.05, 0.1) is 11.1 Å². The van der Waals surface area contributed by atoms with Crippen LogP contribution in [0.3, 0.4) is 0 Å². The van der Waals surface area contributed by atoms with Crippen molar-refractivity contribution < 1.29 is 22.3 Å². The molecule has 0 aliphatic rings. The van der Waals surface area contributed by atoms with Gasteiger partial charge in [-0.15, -0.1) is 0 Å². The van der Waals surface area contributed by atoms with Crippen LogP contribution < -0.4 is 4.74 Å². The standard InChI is InChI=1S/C26H20F4O/c1-3-5-17-6-8-18(9-7-17)21-14-12-19(23(27)25(21)29)10-11-20-13-15-22(31-16-4-2)26(30)24(20)28/h4,6-9,12-15H,2-3,5,16H2,1H3. The summed E-state index contributed by atoms with van der Waals surface area (Å²) in [5.74, 6) is -0.172. The summed E-state index contributed by atoms with van der Waals surface area (Å²) in [6.45, 7) is 5.51. The maximum Gasteiger partial charge on any atom is 0.201 e. The molecule has 0 unspecified atom stereocenters. The first kappa shape index (κ1) is 22.2. The Balaban J connectivity index is 1.89. The number of halogens is 4. The van der Waals surface area contributed by atoms with Gasteiger partial charge in [0.15, 0.2) is 23.2 Å². The van der Waals surface area contributed by atoms with Crippen LogP contribution in [0.2, 0.25) is 0 Å². The SMILES string of the molecule is C=CCOc1ccc(C#Cc2ccc(-c3ccc(CCC)cc3)c(F)c2F)c(F)c1F. The first-order chi connectivity index (χ1) is 15.0. The molecular formula is C26H20F4O. The molecule has 3 aromatic carbocycles. The number of hydrogen-bond acceptors (Lipinski definition) is 1.